The van der Waals surface area contributed by atoms with Gasteiger partial charge in [-0.15, -0.1) is 0 Å². The average molecular weight is 302 g/mol. The number of aromatic nitrogens is 2. The van der Waals surface area contributed by atoms with Crippen LogP contribution >= 0.6 is 0 Å². The number of nitrogens with zero attached hydrogens (tertiary/aromatic N) is 4. The Bertz CT molecular complexity index is 710. The van der Waals surface area contributed by atoms with Crippen LogP contribution in [0.25, 0.3) is 0 Å². The maximum absolute atomic E-state index is 13.5. The Labute approximate surface area is 127 Å². The lowest BCUT2D eigenvalue weighted by molar-refractivity contribution is -0.0241. The molecule has 0 aliphatic carbocycles. The van der Waals surface area contributed by atoms with Gasteiger partial charge in [0.2, 0.25) is 5.89 Å². The van der Waals surface area contributed by atoms with Crippen molar-refractivity contribution in [3.8, 4) is 6.07 Å². The third-order valence-corrected chi connectivity index (χ3v) is 3.63. The van der Waals surface area contributed by atoms with Crippen LogP contribution in [0.2, 0.25) is 0 Å². The first-order valence-electron chi connectivity index (χ1n) is 6.98. The van der Waals surface area contributed by atoms with E-state index in [1.807, 2.05) is 0 Å². The lowest BCUT2D eigenvalue weighted by Gasteiger charge is -2.33. The van der Waals surface area contributed by atoms with Gasteiger partial charge < -0.3 is 9.26 Å². The van der Waals surface area contributed by atoms with Crippen molar-refractivity contribution in [3.05, 3.63) is 46.9 Å². The second-order valence-corrected chi connectivity index (χ2v) is 5.15. The average Bonchev–Trinajstić information content (AvgIpc) is 2.94. The highest BCUT2D eigenvalue weighted by atomic mass is 19.1. The molecule has 0 radical (unpaired) electrons. The molecule has 0 spiro atoms. The highest BCUT2D eigenvalue weighted by Gasteiger charge is 2.29. The van der Waals surface area contributed by atoms with Gasteiger partial charge in [0.15, 0.2) is 5.82 Å². The van der Waals surface area contributed by atoms with E-state index >= 15 is 0 Å². The van der Waals surface area contributed by atoms with Crippen LogP contribution in [-0.4, -0.2) is 34.8 Å². The molecule has 0 saturated carbocycles. The van der Waals surface area contributed by atoms with Crippen LogP contribution in [0, 0.1) is 24.1 Å². The summed E-state index contributed by atoms with van der Waals surface area (Å²) in [5.41, 5.74) is 1.11. The van der Waals surface area contributed by atoms with E-state index in [0.717, 1.165) is 0 Å². The number of hydrogen-bond acceptors (Lipinski definition) is 6. The van der Waals surface area contributed by atoms with Crippen molar-refractivity contribution in [2.75, 3.05) is 19.8 Å². The molecule has 7 heteroatoms. The molecular formula is C15H15FN4O2. The first kappa shape index (κ1) is 14.6. The van der Waals surface area contributed by atoms with Gasteiger partial charge in [-0.1, -0.05) is 5.16 Å². The summed E-state index contributed by atoms with van der Waals surface area (Å²) in [7, 11) is 0. The third-order valence-electron chi connectivity index (χ3n) is 3.63. The van der Waals surface area contributed by atoms with E-state index in [9.17, 15) is 4.39 Å². The second-order valence-electron chi connectivity index (χ2n) is 5.15. The van der Waals surface area contributed by atoms with Crippen LogP contribution in [-0.2, 0) is 11.3 Å². The van der Waals surface area contributed by atoms with Crippen molar-refractivity contribution >= 4 is 0 Å². The topological polar surface area (TPSA) is 75.2 Å². The van der Waals surface area contributed by atoms with Crippen LogP contribution in [0.1, 0.15) is 28.9 Å². The zero-order chi connectivity index (χ0) is 15.5. The number of nitriles is 1. The summed E-state index contributed by atoms with van der Waals surface area (Å²) in [6.07, 6.45) is 0. The SMILES string of the molecule is Cc1noc([C@@H]2COCCN2Cc2cc(F)ccc2C#N)n1. The maximum atomic E-state index is 13.5. The molecular weight excluding hydrogens is 287 g/mol. The van der Waals surface area contributed by atoms with Crippen LogP contribution in [0.4, 0.5) is 4.39 Å². The minimum absolute atomic E-state index is 0.190. The predicted molar refractivity (Wildman–Crippen MR) is 74.1 cm³/mol. The minimum Gasteiger partial charge on any atom is -0.378 e. The molecule has 114 valence electrons. The van der Waals surface area contributed by atoms with E-state index in [1.54, 1.807) is 6.92 Å². The van der Waals surface area contributed by atoms with Crippen molar-refractivity contribution in [1.82, 2.24) is 15.0 Å². The molecule has 1 aliphatic rings. The monoisotopic (exact) mass is 302 g/mol. The van der Waals surface area contributed by atoms with E-state index in [1.165, 1.54) is 18.2 Å². The normalized spacial score (nSPS) is 19.0. The summed E-state index contributed by atoms with van der Waals surface area (Å²) in [6, 6.07) is 6.09. The van der Waals surface area contributed by atoms with Crippen LogP contribution in [0.5, 0.6) is 0 Å². The Kier molecular flexibility index (Phi) is 4.13. The Morgan fingerprint density at radius 3 is 3.09 bits per heavy atom. The van der Waals surface area contributed by atoms with Crippen molar-refractivity contribution in [2.24, 2.45) is 0 Å². The van der Waals surface area contributed by atoms with Gasteiger partial charge in [-0.2, -0.15) is 10.2 Å². The zero-order valence-corrected chi connectivity index (χ0v) is 12.1. The molecule has 1 aromatic heterocycles. The number of hydrogen-bond donors (Lipinski definition) is 0. The van der Waals surface area contributed by atoms with Gasteiger partial charge in [-0.05, 0) is 30.7 Å². The third kappa shape index (κ3) is 2.98. The molecule has 6 nitrogen and oxygen atoms in total. The van der Waals surface area contributed by atoms with Gasteiger partial charge in [0.25, 0.3) is 0 Å². The van der Waals surface area contributed by atoms with E-state index in [4.69, 9.17) is 14.5 Å². The molecule has 1 saturated heterocycles. The number of rotatable bonds is 3. The summed E-state index contributed by atoms with van der Waals surface area (Å²) >= 11 is 0. The second kappa shape index (κ2) is 6.22. The van der Waals surface area contributed by atoms with Crippen LogP contribution in [0.15, 0.2) is 22.7 Å². The number of ether oxygens (including phenoxy) is 1. The van der Waals surface area contributed by atoms with E-state index in [2.05, 4.69) is 21.1 Å². The van der Waals surface area contributed by atoms with E-state index in [0.29, 0.717) is 49.1 Å². The fraction of sp³-hybridized carbons (Fsp3) is 0.400. The molecule has 1 atom stereocenters. The Morgan fingerprint density at radius 2 is 2.36 bits per heavy atom. The van der Waals surface area contributed by atoms with Crippen LogP contribution < -0.4 is 0 Å². The van der Waals surface area contributed by atoms with Crippen molar-refractivity contribution in [1.29, 1.82) is 5.26 Å². The molecule has 0 bridgehead atoms. The van der Waals surface area contributed by atoms with Gasteiger partial charge in [0, 0.05) is 13.1 Å². The smallest absolute Gasteiger partial charge is 0.246 e. The molecule has 0 unspecified atom stereocenters. The Balaban J connectivity index is 1.86. The standard InChI is InChI=1S/C15H15FN4O2/c1-10-18-15(22-19-10)14-9-21-5-4-20(14)8-12-6-13(16)3-2-11(12)7-17/h2-3,6,14H,4-5,8-9H2,1H3/t14-/m0/s1. The summed E-state index contributed by atoms with van der Waals surface area (Å²) in [4.78, 5) is 6.31. The summed E-state index contributed by atoms with van der Waals surface area (Å²) in [5.74, 6) is 0.684. The predicted octanol–water partition coefficient (Wildman–Crippen LogP) is 1.96. The Hall–Kier alpha value is -2.30. The molecule has 22 heavy (non-hydrogen) atoms. The molecule has 1 aliphatic heterocycles. The zero-order valence-electron chi connectivity index (χ0n) is 12.1. The summed E-state index contributed by atoms with van der Waals surface area (Å²) in [6.45, 7) is 3.82. The summed E-state index contributed by atoms with van der Waals surface area (Å²) < 4.78 is 24.2. The fourth-order valence-electron chi connectivity index (χ4n) is 2.52. The Morgan fingerprint density at radius 1 is 1.50 bits per heavy atom. The molecule has 2 heterocycles. The number of halogens is 1. The molecule has 0 N–H and O–H groups in total. The number of morpholine rings is 1. The van der Waals surface area contributed by atoms with Crippen molar-refractivity contribution in [2.45, 2.75) is 19.5 Å². The van der Waals surface area contributed by atoms with Crippen molar-refractivity contribution in [3.63, 3.8) is 0 Å². The lowest BCUT2D eigenvalue weighted by atomic mass is 10.1. The van der Waals surface area contributed by atoms with Gasteiger partial charge in [-0.25, -0.2) is 4.39 Å². The van der Waals surface area contributed by atoms with Gasteiger partial charge in [-0.3, -0.25) is 4.90 Å². The molecule has 3 rings (SSSR count). The largest absolute Gasteiger partial charge is 0.378 e. The van der Waals surface area contributed by atoms with E-state index in [-0.39, 0.29) is 11.9 Å². The van der Waals surface area contributed by atoms with Gasteiger partial charge in [0.1, 0.15) is 11.9 Å². The first-order valence-corrected chi connectivity index (χ1v) is 6.98. The fourth-order valence-corrected chi connectivity index (χ4v) is 2.52. The molecule has 1 fully saturated rings. The van der Waals surface area contributed by atoms with Crippen molar-refractivity contribution < 1.29 is 13.7 Å². The maximum Gasteiger partial charge on any atom is 0.246 e. The molecule has 1 aromatic carbocycles. The highest BCUT2D eigenvalue weighted by Crippen LogP contribution is 2.25. The van der Waals surface area contributed by atoms with Gasteiger partial charge in [0.05, 0.1) is 24.8 Å². The van der Waals surface area contributed by atoms with Crippen LogP contribution in [0.3, 0.4) is 0 Å². The lowest BCUT2D eigenvalue weighted by Crippen LogP contribution is -2.39. The molecule has 2 aromatic rings. The number of aryl methyl sites for hydroxylation is 1. The highest BCUT2D eigenvalue weighted by molar-refractivity contribution is 5.37. The number of benzene rings is 1. The summed E-state index contributed by atoms with van der Waals surface area (Å²) in [5, 5.41) is 13.0. The minimum atomic E-state index is -0.354. The quantitative estimate of drug-likeness (QED) is 0.863. The first-order chi connectivity index (χ1) is 10.7. The van der Waals surface area contributed by atoms with E-state index < -0.39 is 0 Å². The molecule has 0 amide bonds. The van der Waals surface area contributed by atoms with Gasteiger partial charge >= 0.3 is 0 Å².